The maximum atomic E-state index is 12.7. The van der Waals surface area contributed by atoms with Gasteiger partial charge in [0.2, 0.25) is 5.91 Å². The number of fused-ring (bicyclic) bond motifs is 1. The number of ether oxygens (including phenoxy) is 1. The van der Waals surface area contributed by atoms with Gasteiger partial charge in [0.25, 0.3) is 0 Å². The molecule has 0 aliphatic rings. The van der Waals surface area contributed by atoms with Gasteiger partial charge < -0.3 is 9.64 Å². The first-order valence-electron chi connectivity index (χ1n) is 7.23. The van der Waals surface area contributed by atoms with E-state index in [1.54, 1.807) is 14.1 Å². The number of methoxy groups -OCH3 is 1. The highest BCUT2D eigenvalue weighted by atomic mass is 16.5. The van der Waals surface area contributed by atoms with Crippen LogP contribution in [0.1, 0.15) is 11.1 Å². The fourth-order valence-electron chi connectivity index (χ4n) is 2.61. The predicted octanol–water partition coefficient (Wildman–Crippen LogP) is 0.681. The van der Waals surface area contributed by atoms with Crippen molar-refractivity contribution in [2.75, 3.05) is 21.2 Å². The minimum atomic E-state index is -0.509. The summed E-state index contributed by atoms with van der Waals surface area (Å²) in [6.07, 6.45) is 0. The number of imidazole rings is 1. The molecule has 0 atom stereocenters. The quantitative estimate of drug-likeness (QED) is 0.777. The molecule has 2 aromatic rings. The molecule has 0 saturated heterocycles. The van der Waals surface area contributed by atoms with Gasteiger partial charge in [0.1, 0.15) is 13.1 Å². The molecule has 0 aliphatic heterocycles. The Kier molecular flexibility index (Phi) is 4.58. The third-order valence-electron chi connectivity index (χ3n) is 3.75. The Morgan fingerprint density at radius 3 is 2.35 bits per heavy atom. The summed E-state index contributed by atoms with van der Waals surface area (Å²) in [6.45, 7) is 3.55. The van der Waals surface area contributed by atoms with Gasteiger partial charge in [-0.2, -0.15) is 0 Å². The van der Waals surface area contributed by atoms with E-state index in [1.807, 2.05) is 26.0 Å². The van der Waals surface area contributed by atoms with Crippen LogP contribution in [0.2, 0.25) is 0 Å². The van der Waals surface area contributed by atoms with Gasteiger partial charge in [0.15, 0.2) is 0 Å². The lowest BCUT2D eigenvalue weighted by Crippen LogP contribution is -2.33. The summed E-state index contributed by atoms with van der Waals surface area (Å²) in [5.74, 6) is -0.701. The number of nitrogens with zero attached hydrogens (tertiary/aromatic N) is 3. The Hall–Kier alpha value is -2.57. The van der Waals surface area contributed by atoms with E-state index >= 15 is 0 Å². The van der Waals surface area contributed by atoms with Gasteiger partial charge in [0.05, 0.1) is 18.1 Å². The molecular formula is C16H21N3O4. The fourth-order valence-corrected chi connectivity index (χ4v) is 2.61. The SMILES string of the molecule is COC(=O)Cn1c(=O)n(CC(=O)N(C)C)c2cc(C)cc(C)c21. The lowest BCUT2D eigenvalue weighted by molar-refractivity contribution is -0.141. The van der Waals surface area contributed by atoms with Crippen LogP contribution < -0.4 is 5.69 Å². The fraction of sp³-hybridized carbons (Fsp3) is 0.438. The lowest BCUT2D eigenvalue weighted by Gasteiger charge is -2.10. The van der Waals surface area contributed by atoms with E-state index in [4.69, 9.17) is 0 Å². The molecule has 2 rings (SSSR count). The van der Waals surface area contributed by atoms with Crippen molar-refractivity contribution >= 4 is 22.9 Å². The molecule has 0 unspecified atom stereocenters. The van der Waals surface area contributed by atoms with E-state index in [9.17, 15) is 14.4 Å². The number of rotatable bonds is 4. The first kappa shape index (κ1) is 16.8. The number of aryl methyl sites for hydroxylation is 2. The standard InChI is InChI=1S/C16H21N3O4/c1-10-6-11(2)15-12(7-10)18(8-13(20)17(3)4)16(22)19(15)9-14(21)23-5/h6-7H,8-9H2,1-5H3. The van der Waals surface area contributed by atoms with Crippen LogP contribution in [0.5, 0.6) is 0 Å². The number of hydrogen-bond donors (Lipinski definition) is 0. The molecule has 1 heterocycles. The van der Waals surface area contributed by atoms with Crippen LogP contribution >= 0.6 is 0 Å². The highest BCUT2D eigenvalue weighted by Crippen LogP contribution is 2.20. The van der Waals surface area contributed by atoms with Crippen LogP contribution in [0.4, 0.5) is 0 Å². The van der Waals surface area contributed by atoms with Crippen LogP contribution in [0.15, 0.2) is 16.9 Å². The van der Waals surface area contributed by atoms with Crippen molar-refractivity contribution in [2.45, 2.75) is 26.9 Å². The third-order valence-corrected chi connectivity index (χ3v) is 3.75. The molecule has 0 saturated carbocycles. The second kappa shape index (κ2) is 6.28. The Bertz CT molecular complexity index is 830. The molecule has 0 bridgehead atoms. The zero-order valence-corrected chi connectivity index (χ0v) is 14.0. The first-order chi connectivity index (χ1) is 10.8. The van der Waals surface area contributed by atoms with Gasteiger partial charge >= 0.3 is 11.7 Å². The van der Waals surface area contributed by atoms with Crippen LogP contribution in [0.25, 0.3) is 11.0 Å². The van der Waals surface area contributed by atoms with Crippen molar-refractivity contribution < 1.29 is 14.3 Å². The number of carbonyl (C=O) groups is 2. The van der Waals surface area contributed by atoms with E-state index in [0.717, 1.165) is 11.1 Å². The second-order valence-electron chi connectivity index (χ2n) is 5.77. The topological polar surface area (TPSA) is 73.5 Å². The summed E-state index contributed by atoms with van der Waals surface area (Å²) in [6, 6.07) is 3.79. The molecular weight excluding hydrogens is 298 g/mol. The highest BCUT2D eigenvalue weighted by Gasteiger charge is 2.20. The Morgan fingerprint density at radius 2 is 1.78 bits per heavy atom. The summed E-state index contributed by atoms with van der Waals surface area (Å²) >= 11 is 0. The van der Waals surface area contributed by atoms with E-state index in [0.29, 0.717) is 11.0 Å². The predicted molar refractivity (Wildman–Crippen MR) is 86.4 cm³/mol. The minimum Gasteiger partial charge on any atom is -0.468 e. The van der Waals surface area contributed by atoms with E-state index in [2.05, 4.69) is 4.74 Å². The van der Waals surface area contributed by atoms with Crippen molar-refractivity contribution in [2.24, 2.45) is 0 Å². The van der Waals surface area contributed by atoms with Crippen LogP contribution in [-0.2, 0) is 27.4 Å². The summed E-state index contributed by atoms with van der Waals surface area (Å²) in [4.78, 5) is 37.8. The Balaban J connectivity index is 2.71. The molecule has 1 aromatic heterocycles. The Labute approximate surface area is 134 Å². The maximum absolute atomic E-state index is 12.7. The van der Waals surface area contributed by atoms with E-state index in [1.165, 1.54) is 21.1 Å². The number of carbonyl (C=O) groups excluding carboxylic acids is 2. The average molecular weight is 319 g/mol. The van der Waals surface area contributed by atoms with Gasteiger partial charge in [-0.1, -0.05) is 6.07 Å². The summed E-state index contributed by atoms with van der Waals surface area (Å²) < 4.78 is 7.43. The first-order valence-corrected chi connectivity index (χ1v) is 7.23. The zero-order valence-electron chi connectivity index (χ0n) is 14.0. The van der Waals surface area contributed by atoms with Crippen LogP contribution in [-0.4, -0.2) is 47.1 Å². The molecule has 1 amide bonds. The zero-order chi connectivity index (χ0) is 17.3. The van der Waals surface area contributed by atoms with Crippen molar-refractivity contribution in [3.63, 3.8) is 0 Å². The number of likely N-dealkylation sites (N-methyl/N-ethyl adjacent to an activating group) is 1. The number of aromatic nitrogens is 2. The van der Waals surface area contributed by atoms with Crippen LogP contribution in [0, 0.1) is 13.8 Å². The highest BCUT2D eigenvalue weighted by molar-refractivity contribution is 5.84. The molecule has 0 N–H and O–H groups in total. The molecule has 23 heavy (non-hydrogen) atoms. The second-order valence-corrected chi connectivity index (χ2v) is 5.77. The van der Waals surface area contributed by atoms with Gasteiger partial charge in [-0.25, -0.2) is 4.79 Å². The summed E-state index contributed by atoms with van der Waals surface area (Å²) in [7, 11) is 4.55. The molecule has 1 aromatic carbocycles. The van der Waals surface area contributed by atoms with Crippen molar-refractivity contribution in [1.82, 2.24) is 14.0 Å². The molecule has 7 heteroatoms. The molecule has 0 aliphatic carbocycles. The monoisotopic (exact) mass is 319 g/mol. The number of esters is 1. The molecule has 0 radical (unpaired) electrons. The lowest BCUT2D eigenvalue weighted by atomic mass is 10.1. The number of hydrogen-bond acceptors (Lipinski definition) is 4. The molecule has 7 nitrogen and oxygen atoms in total. The van der Waals surface area contributed by atoms with Gasteiger partial charge in [-0.15, -0.1) is 0 Å². The largest absolute Gasteiger partial charge is 0.468 e. The summed E-state index contributed by atoms with van der Waals surface area (Å²) in [5.41, 5.74) is 2.76. The number of amides is 1. The van der Waals surface area contributed by atoms with Gasteiger partial charge in [-0.05, 0) is 31.0 Å². The van der Waals surface area contributed by atoms with Crippen molar-refractivity contribution in [1.29, 1.82) is 0 Å². The van der Waals surface area contributed by atoms with E-state index in [-0.39, 0.29) is 19.0 Å². The molecule has 0 spiro atoms. The number of benzene rings is 1. The van der Waals surface area contributed by atoms with Gasteiger partial charge in [0, 0.05) is 14.1 Å². The smallest absolute Gasteiger partial charge is 0.330 e. The van der Waals surface area contributed by atoms with E-state index < -0.39 is 11.7 Å². The minimum absolute atomic E-state index is 0.0700. The summed E-state index contributed by atoms with van der Waals surface area (Å²) in [5, 5.41) is 0. The van der Waals surface area contributed by atoms with Gasteiger partial charge in [-0.3, -0.25) is 18.7 Å². The normalized spacial score (nSPS) is 10.8. The average Bonchev–Trinajstić information content (AvgIpc) is 2.72. The van der Waals surface area contributed by atoms with Crippen molar-refractivity contribution in [3.8, 4) is 0 Å². The maximum Gasteiger partial charge on any atom is 0.330 e. The molecule has 0 fully saturated rings. The molecule has 124 valence electrons. The van der Waals surface area contributed by atoms with Crippen LogP contribution in [0.3, 0.4) is 0 Å². The van der Waals surface area contributed by atoms with Crippen molar-refractivity contribution in [3.05, 3.63) is 33.7 Å². The Morgan fingerprint density at radius 1 is 1.13 bits per heavy atom. The third kappa shape index (κ3) is 3.13.